The Morgan fingerprint density at radius 3 is 1.56 bits per heavy atom. The van der Waals surface area contributed by atoms with Crippen LogP contribution >= 0.6 is 0 Å². The summed E-state index contributed by atoms with van der Waals surface area (Å²) >= 11 is 0. The van der Waals surface area contributed by atoms with E-state index >= 15 is 0 Å². The fourth-order valence-electron chi connectivity index (χ4n) is 2.17. The molecule has 0 bridgehead atoms. The molecule has 2 saturated heterocycles. The predicted octanol–water partition coefficient (Wildman–Crippen LogP) is 1.87. The number of rotatable bonds is 2. The zero-order chi connectivity index (χ0) is 20.3. The highest BCUT2D eigenvalue weighted by molar-refractivity contribution is 5.85. The van der Waals surface area contributed by atoms with Crippen LogP contribution < -0.4 is 21.7 Å². The van der Waals surface area contributed by atoms with Crippen LogP contribution in [0.25, 0.3) is 0 Å². The SMILES string of the molecule is CC.CC.CC.CC(=O)C1(N)CCNCC1.CC(=O)C1CNCCN1. The van der Waals surface area contributed by atoms with Crippen LogP contribution in [0.3, 0.4) is 0 Å². The van der Waals surface area contributed by atoms with E-state index in [0.29, 0.717) is 0 Å². The molecule has 0 aliphatic carbocycles. The van der Waals surface area contributed by atoms with Crippen LogP contribution in [0, 0.1) is 0 Å². The summed E-state index contributed by atoms with van der Waals surface area (Å²) in [5.41, 5.74) is 5.29. The first kappa shape index (κ1) is 29.0. The number of hydrogen-bond donors (Lipinski definition) is 4. The smallest absolute Gasteiger partial charge is 0.149 e. The fraction of sp³-hybridized carbons (Fsp3) is 0.895. The summed E-state index contributed by atoms with van der Waals surface area (Å²) in [5, 5.41) is 9.40. The highest BCUT2D eigenvalue weighted by Crippen LogP contribution is 2.15. The summed E-state index contributed by atoms with van der Waals surface area (Å²) < 4.78 is 0. The minimum Gasteiger partial charge on any atom is -0.319 e. The molecule has 1 unspecified atom stereocenters. The van der Waals surface area contributed by atoms with Crippen molar-refractivity contribution >= 4 is 11.6 Å². The lowest BCUT2D eigenvalue weighted by molar-refractivity contribution is -0.123. The van der Waals surface area contributed by atoms with Gasteiger partial charge in [-0.15, -0.1) is 0 Å². The van der Waals surface area contributed by atoms with Crippen LogP contribution in [0.15, 0.2) is 0 Å². The molecule has 1 atom stereocenters. The summed E-state index contributed by atoms with van der Waals surface area (Å²) in [4.78, 5) is 21.7. The van der Waals surface area contributed by atoms with Gasteiger partial charge < -0.3 is 21.7 Å². The average molecular weight is 361 g/mol. The molecule has 25 heavy (non-hydrogen) atoms. The van der Waals surface area contributed by atoms with Crippen LogP contribution in [0.5, 0.6) is 0 Å². The van der Waals surface area contributed by atoms with E-state index in [2.05, 4.69) is 16.0 Å². The van der Waals surface area contributed by atoms with Gasteiger partial charge in [-0.2, -0.15) is 0 Å². The molecule has 0 aromatic carbocycles. The Morgan fingerprint density at radius 2 is 1.32 bits per heavy atom. The Hall–Kier alpha value is -0.820. The number of Topliss-reactive ketones (excluding diaryl/α,β-unsaturated/α-hetero) is 2. The summed E-state index contributed by atoms with van der Waals surface area (Å²) in [6, 6.07) is 0.0544. The number of carbonyl (C=O) groups excluding carboxylic acids is 2. The topological polar surface area (TPSA) is 96.2 Å². The van der Waals surface area contributed by atoms with Crippen LogP contribution in [0.1, 0.15) is 68.2 Å². The molecule has 0 saturated carbocycles. The molecule has 2 aliphatic heterocycles. The second-order valence-electron chi connectivity index (χ2n) is 5.28. The normalized spacial score (nSPS) is 20.4. The van der Waals surface area contributed by atoms with Crippen molar-refractivity contribution in [1.29, 1.82) is 0 Å². The molecule has 6 nitrogen and oxygen atoms in total. The lowest BCUT2D eigenvalue weighted by atomic mass is 9.86. The molecule has 0 radical (unpaired) electrons. The van der Waals surface area contributed by atoms with E-state index in [0.717, 1.165) is 45.6 Å². The van der Waals surface area contributed by atoms with Gasteiger partial charge in [-0.1, -0.05) is 41.5 Å². The molecule has 0 amide bonds. The van der Waals surface area contributed by atoms with Crippen molar-refractivity contribution in [3.63, 3.8) is 0 Å². The number of nitrogens with two attached hydrogens (primary N) is 1. The number of nitrogens with one attached hydrogen (secondary N) is 3. The summed E-state index contributed by atoms with van der Waals surface area (Å²) in [6.07, 6.45) is 1.56. The lowest BCUT2D eigenvalue weighted by Gasteiger charge is -2.30. The molecule has 2 heterocycles. The molecule has 2 fully saturated rings. The molecular weight excluding hydrogens is 316 g/mol. The Morgan fingerprint density at radius 1 is 0.840 bits per heavy atom. The number of piperazine rings is 1. The van der Waals surface area contributed by atoms with Crippen LogP contribution in [0.4, 0.5) is 0 Å². The van der Waals surface area contributed by atoms with Crippen molar-refractivity contribution < 1.29 is 9.59 Å². The third kappa shape index (κ3) is 14.1. The number of hydrogen-bond acceptors (Lipinski definition) is 6. The van der Waals surface area contributed by atoms with E-state index in [4.69, 9.17) is 5.73 Å². The second-order valence-corrected chi connectivity index (χ2v) is 5.28. The minimum atomic E-state index is -0.523. The first-order chi connectivity index (χ1) is 12.0. The molecule has 2 aliphatic rings. The van der Waals surface area contributed by atoms with Crippen molar-refractivity contribution in [2.75, 3.05) is 32.7 Å². The first-order valence-electron chi connectivity index (χ1n) is 9.91. The third-order valence-corrected chi connectivity index (χ3v) is 3.73. The van der Waals surface area contributed by atoms with Gasteiger partial charge in [0.2, 0.25) is 0 Å². The zero-order valence-electron chi connectivity index (χ0n) is 17.9. The largest absolute Gasteiger partial charge is 0.319 e. The monoisotopic (exact) mass is 360 g/mol. The van der Waals surface area contributed by atoms with E-state index in [1.54, 1.807) is 13.8 Å². The van der Waals surface area contributed by atoms with Crippen molar-refractivity contribution in [2.45, 2.75) is 79.8 Å². The Kier molecular flexibility index (Phi) is 22.6. The quantitative estimate of drug-likeness (QED) is 0.600. The Balaban J connectivity index is -0.000000299. The van der Waals surface area contributed by atoms with E-state index in [1.165, 1.54) is 0 Å². The highest BCUT2D eigenvalue weighted by atomic mass is 16.1. The van der Waals surface area contributed by atoms with E-state index in [1.807, 2.05) is 41.5 Å². The van der Waals surface area contributed by atoms with Crippen molar-refractivity contribution in [3.8, 4) is 0 Å². The van der Waals surface area contributed by atoms with Gasteiger partial charge in [-0.05, 0) is 39.8 Å². The van der Waals surface area contributed by atoms with Gasteiger partial charge in [0.1, 0.15) is 11.6 Å². The molecule has 0 spiro atoms. The second kappa shape index (κ2) is 19.5. The lowest BCUT2D eigenvalue weighted by Crippen LogP contribution is -2.53. The van der Waals surface area contributed by atoms with Gasteiger partial charge in [-0.25, -0.2) is 0 Å². The van der Waals surface area contributed by atoms with Crippen LogP contribution in [-0.2, 0) is 9.59 Å². The average Bonchev–Trinajstić information content (AvgIpc) is 2.68. The van der Waals surface area contributed by atoms with Crippen LogP contribution in [-0.4, -0.2) is 55.9 Å². The van der Waals surface area contributed by atoms with Gasteiger partial charge in [-0.3, -0.25) is 9.59 Å². The molecule has 2 rings (SSSR count). The standard InChI is InChI=1S/C7H14N2O.C6H12N2O.3C2H6/c1-6(10)7(8)2-4-9-5-3-7;1-5(9)6-4-7-2-3-8-6;3*1-2/h9H,2-5,8H2,1H3;6-8H,2-4H2,1H3;3*1-2H3. The van der Waals surface area contributed by atoms with Gasteiger partial charge >= 0.3 is 0 Å². The maximum Gasteiger partial charge on any atom is 0.149 e. The summed E-state index contributed by atoms with van der Waals surface area (Å²) in [7, 11) is 0. The molecule has 0 aromatic rings. The van der Waals surface area contributed by atoms with Crippen molar-refractivity contribution in [2.24, 2.45) is 5.73 Å². The maximum absolute atomic E-state index is 11.0. The zero-order valence-corrected chi connectivity index (χ0v) is 17.9. The summed E-state index contributed by atoms with van der Waals surface area (Å²) in [6.45, 7) is 19.6. The fourth-order valence-corrected chi connectivity index (χ4v) is 2.17. The highest BCUT2D eigenvalue weighted by Gasteiger charge is 2.31. The van der Waals surface area contributed by atoms with Gasteiger partial charge in [0.25, 0.3) is 0 Å². The third-order valence-electron chi connectivity index (χ3n) is 3.73. The Bertz CT molecular complexity index is 311. The van der Waals surface area contributed by atoms with Gasteiger partial charge in [0.15, 0.2) is 0 Å². The summed E-state index contributed by atoms with van der Waals surface area (Å²) in [5.74, 6) is 0.344. The van der Waals surface area contributed by atoms with E-state index in [-0.39, 0.29) is 17.6 Å². The first-order valence-corrected chi connectivity index (χ1v) is 9.91. The molecule has 5 N–H and O–H groups in total. The van der Waals surface area contributed by atoms with E-state index < -0.39 is 5.54 Å². The van der Waals surface area contributed by atoms with Crippen molar-refractivity contribution in [3.05, 3.63) is 0 Å². The molecule has 0 aromatic heterocycles. The number of piperidine rings is 1. The van der Waals surface area contributed by atoms with Crippen molar-refractivity contribution in [1.82, 2.24) is 16.0 Å². The predicted molar refractivity (Wildman–Crippen MR) is 109 cm³/mol. The maximum atomic E-state index is 11.0. The number of carbonyl (C=O) groups is 2. The Labute approximate surface area is 156 Å². The van der Waals surface area contributed by atoms with E-state index in [9.17, 15) is 9.59 Å². The molecule has 152 valence electrons. The van der Waals surface area contributed by atoms with Gasteiger partial charge in [0, 0.05) is 19.6 Å². The molecule has 6 heteroatoms. The minimum absolute atomic E-state index is 0.0544. The van der Waals surface area contributed by atoms with Crippen LogP contribution in [0.2, 0.25) is 0 Å². The molecular formula is C19H44N4O2. The number of ketones is 2. The van der Waals surface area contributed by atoms with Gasteiger partial charge in [0.05, 0.1) is 11.6 Å².